The van der Waals surface area contributed by atoms with Gasteiger partial charge in [-0.15, -0.1) is 0 Å². The van der Waals surface area contributed by atoms with Crippen LogP contribution in [0.2, 0.25) is 0 Å². The van der Waals surface area contributed by atoms with Crippen LogP contribution in [0.1, 0.15) is 6.92 Å². The maximum absolute atomic E-state index is 3.52. The molecule has 38 valence electrons. The van der Waals surface area contributed by atoms with Crippen molar-refractivity contribution in [2.24, 2.45) is 4.99 Å². The number of rotatable bonds is 2. The lowest BCUT2D eigenvalue weighted by Gasteiger charge is -1.79. The Morgan fingerprint density at radius 1 is 1.71 bits per heavy atom. The predicted molar refractivity (Wildman–Crippen MR) is 33.5 cm³/mol. The second-order valence-corrected chi connectivity index (χ2v) is 1.26. The minimum absolute atomic E-state index is 1.04. The standard InChI is InChI=1S/C6H9N/c1-4-6(2)5-7-3/h4-5H,1,3H2,2H3/b6-5-. The first-order chi connectivity index (χ1) is 3.31. The highest BCUT2D eigenvalue weighted by Crippen LogP contribution is 1.89. The summed E-state index contributed by atoms with van der Waals surface area (Å²) in [5, 5.41) is 0. The zero-order valence-corrected chi connectivity index (χ0v) is 4.52. The van der Waals surface area contributed by atoms with Crippen LogP contribution in [0, 0.1) is 0 Å². The van der Waals surface area contributed by atoms with Gasteiger partial charge in [0.05, 0.1) is 0 Å². The molecular formula is C6H9N. The van der Waals surface area contributed by atoms with Gasteiger partial charge in [-0.05, 0) is 19.2 Å². The van der Waals surface area contributed by atoms with Crippen LogP contribution in [0.4, 0.5) is 0 Å². The molecule has 1 nitrogen and oxygen atoms in total. The van der Waals surface area contributed by atoms with Gasteiger partial charge in [-0.1, -0.05) is 12.7 Å². The molecule has 0 unspecified atom stereocenters. The molecule has 0 aromatic rings. The molecule has 0 heterocycles. The molecule has 1 heteroatoms. The van der Waals surface area contributed by atoms with Crippen molar-refractivity contribution in [2.45, 2.75) is 6.92 Å². The van der Waals surface area contributed by atoms with E-state index in [0.717, 1.165) is 5.57 Å². The first kappa shape index (κ1) is 6.15. The molecule has 0 atom stereocenters. The van der Waals surface area contributed by atoms with Gasteiger partial charge < -0.3 is 0 Å². The largest absolute Gasteiger partial charge is 0.272 e. The van der Waals surface area contributed by atoms with Crippen LogP contribution in [0.5, 0.6) is 0 Å². The van der Waals surface area contributed by atoms with Crippen LogP contribution in [0.15, 0.2) is 29.4 Å². The number of nitrogens with zero attached hydrogens (tertiary/aromatic N) is 1. The van der Waals surface area contributed by atoms with Crippen LogP contribution in [0.25, 0.3) is 0 Å². The van der Waals surface area contributed by atoms with Gasteiger partial charge in [0.25, 0.3) is 0 Å². The molecule has 0 amide bonds. The fourth-order valence-electron chi connectivity index (χ4n) is 0.197. The third-order valence-electron chi connectivity index (χ3n) is 0.617. The molecule has 7 heavy (non-hydrogen) atoms. The van der Waals surface area contributed by atoms with E-state index in [1.165, 1.54) is 0 Å². The van der Waals surface area contributed by atoms with E-state index in [9.17, 15) is 0 Å². The van der Waals surface area contributed by atoms with Crippen molar-refractivity contribution in [3.8, 4) is 0 Å². The summed E-state index contributed by atoms with van der Waals surface area (Å²) in [5.74, 6) is 0. The van der Waals surface area contributed by atoms with Crippen LogP contribution in [-0.2, 0) is 0 Å². The Balaban J connectivity index is 3.72. The van der Waals surface area contributed by atoms with Crippen molar-refractivity contribution in [3.05, 3.63) is 24.4 Å². The smallest absolute Gasteiger partial charge is 0.0289 e. The van der Waals surface area contributed by atoms with Crippen molar-refractivity contribution in [2.75, 3.05) is 0 Å². The second-order valence-electron chi connectivity index (χ2n) is 1.26. The number of aliphatic imine (C=N–C) groups is 1. The van der Waals surface area contributed by atoms with Crippen LogP contribution < -0.4 is 0 Å². The minimum atomic E-state index is 1.04. The van der Waals surface area contributed by atoms with Crippen LogP contribution in [-0.4, -0.2) is 6.72 Å². The number of hydrogen-bond acceptors (Lipinski definition) is 1. The van der Waals surface area contributed by atoms with Gasteiger partial charge in [0.2, 0.25) is 0 Å². The molecule has 0 aromatic carbocycles. The van der Waals surface area contributed by atoms with Gasteiger partial charge in [0, 0.05) is 6.20 Å². The fraction of sp³-hybridized carbons (Fsp3) is 0.167. The van der Waals surface area contributed by atoms with Gasteiger partial charge in [0.1, 0.15) is 0 Å². The van der Waals surface area contributed by atoms with Gasteiger partial charge in [-0.2, -0.15) is 0 Å². The lowest BCUT2D eigenvalue weighted by molar-refractivity contribution is 1.45. The van der Waals surface area contributed by atoms with Gasteiger partial charge in [-0.3, -0.25) is 4.99 Å². The highest BCUT2D eigenvalue weighted by atomic mass is 14.6. The van der Waals surface area contributed by atoms with E-state index in [1.54, 1.807) is 12.3 Å². The number of allylic oxidation sites excluding steroid dienone is 2. The molecule has 0 fully saturated rings. The maximum Gasteiger partial charge on any atom is 0.0289 e. The van der Waals surface area contributed by atoms with E-state index in [-0.39, 0.29) is 0 Å². The first-order valence-electron chi connectivity index (χ1n) is 2.06. The average molecular weight is 95.1 g/mol. The predicted octanol–water partition coefficient (Wildman–Crippen LogP) is 1.78. The lowest BCUT2D eigenvalue weighted by atomic mass is 10.3. The molecule has 0 aliphatic heterocycles. The van der Waals surface area contributed by atoms with Crippen LogP contribution in [0.3, 0.4) is 0 Å². The maximum atomic E-state index is 3.52. The van der Waals surface area contributed by atoms with Crippen molar-refractivity contribution < 1.29 is 0 Å². The summed E-state index contributed by atoms with van der Waals surface area (Å²) in [5.41, 5.74) is 1.04. The normalized spacial score (nSPS) is 10.7. The van der Waals surface area contributed by atoms with E-state index in [2.05, 4.69) is 18.3 Å². The lowest BCUT2D eigenvalue weighted by Crippen LogP contribution is -1.59. The summed E-state index contributed by atoms with van der Waals surface area (Å²) >= 11 is 0. The van der Waals surface area contributed by atoms with E-state index in [0.29, 0.717) is 0 Å². The van der Waals surface area contributed by atoms with Crippen LogP contribution >= 0.6 is 0 Å². The Bertz CT molecular complexity index is 101. The molecule has 0 radical (unpaired) electrons. The van der Waals surface area contributed by atoms with E-state index >= 15 is 0 Å². The van der Waals surface area contributed by atoms with Crippen molar-refractivity contribution >= 4 is 6.72 Å². The molecule has 0 aromatic heterocycles. The SMILES string of the molecule is C=C/C(C)=C\N=C. The van der Waals surface area contributed by atoms with Gasteiger partial charge in [-0.25, -0.2) is 0 Å². The van der Waals surface area contributed by atoms with Crippen molar-refractivity contribution in [1.29, 1.82) is 0 Å². The molecule has 0 N–H and O–H groups in total. The second kappa shape index (κ2) is 3.34. The zero-order valence-electron chi connectivity index (χ0n) is 4.52. The molecule has 0 saturated heterocycles. The van der Waals surface area contributed by atoms with Gasteiger partial charge in [0.15, 0.2) is 0 Å². The Morgan fingerprint density at radius 2 is 2.29 bits per heavy atom. The molecule has 0 aliphatic rings. The summed E-state index contributed by atoms with van der Waals surface area (Å²) < 4.78 is 0. The molecule has 0 saturated carbocycles. The van der Waals surface area contributed by atoms with Crippen molar-refractivity contribution in [3.63, 3.8) is 0 Å². The summed E-state index contributed by atoms with van der Waals surface area (Å²) in [6, 6.07) is 0. The summed E-state index contributed by atoms with van der Waals surface area (Å²) in [6.07, 6.45) is 3.39. The zero-order chi connectivity index (χ0) is 5.70. The quantitative estimate of drug-likeness (QED) is 0.366. The summed E-state index contributed by atoms with van der Waals surface area (Å²) in [6.45, 7) is 8.72. The van der Waals surface area contributed by atoms with Gasteiger partial charge >= 0.3 is 0 Å². The molecule has 0 spiro atoms. The topological polar surface area (TPSA) is 12.4 Å². The Morgan fingerprint density at radius 3 is 2.43 bits per heavy atom. The minimum Gasteiger partial charge on any atom is -0.272 e. The number of hydrogen-bond donors (Lipinski definition) is 0. The summed E-state index contributed by atoms with van der Waals surface area (Å²) in [7, 11) is 0. The average Bonchev–Trinajstić information content (AvgIpc) is 1.68. The van der Waals surface area contributed by atoms with E-state index in [1.807, 2.05) is 6.92 Å². The third-order valence-corrected chi connectivity index (χ3v) is 0.617. The fourth-order valence-corrected chi connectivity index (χ4v) is 0.197. The highest BCUT2D eigenvalue weighted by Gasteiger charge is 1.69. The Labute approximate surface area is 44.1 Å². The Kier molecular flexibility index (Phi) is 2.94. The Hall–Kier alpha value is -0.850. The molecule has 0 aliphatic carbocycles. The highest BCUT2D eigenvalue weighted by molar-refractivity contribution is 5.27. The van der Waals surface area contributed by atoms with E-state index in [4.69, 9.17) is 0 Å². The van der Waals surface area contributed by atoms with E-state index < -0.39 is 0 Å². The third kappa shape index (κ3) is 2.97. The molecule has 0 bridgehead atoms. The summed E-state index contributed by atoms with van der Waals surface area (Å²) in [4.78, 5) is 3.52. The molecular weight excluding hydrogens is 86.1 g/mol. The molecule has 0 rings (SSSR count). The van der Waals surface area contributed by atoms with Crippen molar-refractivity contribution in [1.82, 2.24) is 0 Å². The first-order valence-corrected chi connectivity index (χ1v) is 2.06. The monoisotopic (exact) mass is 95.1 g/mol.